The molecule has 0 heterocycles. The second-order valence-corrected chi connectivity index (χ2v) is 4.64. The molecular weight excluding hydrogens is 264 g/mol. The first-order valence-corrected chi connectivity index (χ1v) is 6.15. The van der Waals surface area contributed by atoms with Crippen LogP contribution in [-0.2, 0) is 4.79 Å². The Morgan fingerprint density at radius 2 is 1.89 bits per heavy atom. The van der Waals surface area contributed by atoms with Crippen molar-refractivity contribution < 1.29 is 14.6 Å². The summed E-state index contributed by atoms with van der Waals surface area (Å²) in [5.41, 5.74) is 1.60. The minimum atomic E-state index is -1.07. The summed E-state index contributed by atoms with van der Waals surface area (Å²) >= 11 is 5.87. The summed E-state index contributed by atoms with van der Waals surface area (Å²) < 4.78 is 5.51. The number of hydrogen-bond acceptors (Lipinski definition) is 2. The molecule has 0 fully saturated rings. The van der Waals surface area contributed by atoms with Crippen LogP contribution in [0.5, 0.6) is 5.75 Å². The molecule has 0 unspecified atom stereocenters. The molecule has 0 aliphatic carbocycles. The second-order valence-electron chi connectivity index (χ2n) is 4.20. The number of ether oxygens (including phenoxy) is 1. The van der Waals surface area contributed by atoms with Crippen molar-refractivity contribution in [1.29, 1.82) is 0 Å². The number of aliphatic carboxylic acids is 1. The lowest BCUT2D eigenvalue weighted by Crippen LogP contribution is -2.18. The smallest absolute Gasteiger partial charge is 0.349 e. The quantitative estimate of drug-likeness (QED) is 0.922. The number of carbonyl (C=O) groups is 1. The summed E-state index contributed by atoms with van der Waals surface area (Å²) in [5, 5.41) is 9.75. The molecule has 19 heavy (non-hydrogen) atoms. The van der Waals surface area contributed by atoms with Gasteiger partial charge < -0.3 is 9.84 Å². The molecule has 0 bridgehead atoms. The third-order valence-corrected chi connectivity index (χ3v) is 2.89. The Morgan fingerprint density at radius 1 is 1.21 bits per heavy atom. The van der Waals surface area contributed by atoms with Crippen LogP contribution in [0.2, 0.25) is 5.02 Å². The van der Waals surface area contributed by atoms with Crippen LogP contribution in [0.15, 0.2) is 48.5 Å². The van der Waals surface area contributed by atoms with Crippen LogP contribution < -0.4 is 4.74 Å². The second kappa shape index (κ2) is 5.76. The molecular formula is C15H13ClO3. The zero-order valence-corrected chi connectivity index (χ0v) is 11.1. The molecule has 1 N–H and O–H groups in total. The molecule has 0 amide bonds. The van der Waals surface area contributed by atoms with Gasteiger partial charge in [-0.25, -0.2) is 4.79 Å². The number of aryl methyl sites for hydroxylation is 1. The Kier molecular flexibility index (Phi) is 4.07. The molecule has 98 valence electrons. The summed E-state index contributed by atoms with van der Waals surface area (Å²) in [6, 6.07) is 13.9. The lowest BCUT2D eigenvalue weighted by Gasteiger charge is -2.15. The fourth-order valence-corrected chi connectivity index (χ4v) is 1.88. The number of benzene rings is 2. The highest BCUT2D eigenvalue weighted by atomic mass is 35.5. The van der Waals surface area contributed by atoms with E-state index in [4.69, 9.17) is 16.3 Å². The maximum Gasteiger partial charge on any atom is 0.349 e. The molecule has 2 aromatic rings. The largest absolute Gasteiger partial charge is 0.478 e. The highest BCUT2D eigenvalue weighted by Crippen LogP contribution is 2.24. The minimum Gasteiger partial charge on any atom is -0.478 e. The fourth-order valence-electron chi connectivity index (χ4n) is 1.68. The van der Waals surface area contributed by atoms with Gasteiger partial charge in [0.15, 0.2) is 0 Å². The Labute approximate surface area is 116 Å². The fraction of sp³-hybridized carbons (Fsp3) is 0.133. The highest BCUT2D eigenvalue weighted by Gasteiger charge is 2.22. The number of halogens is 1. The summed E-state index contributed by atoms with van der Waals surface area (Å²) in [6.45, 7) is 1.95. The van der Waals surface area contributed by atoms with Crippen molar-refractivity contribution in [3.05, 3.63) is 64.7 Å². The molecule has 0 aliphatic heterocycles. The van der Waals surface area contributed by atoms with Crippen molar-refractivity contribution >= 4 is 17.6 Å². The zero-order valence-electron chi connectivity index (χ0n) is 10.3. The van der Waals surface area contributed by atoms with Crippen molar-refractivity contribution in [2.45, 2.75) is 13.0 Å². The molecule has 0 saturated carbocycles. The average molecular weight is 277 g/mol. The zero-order chi connectivity index (χ0) is 13.8. The Balaban J connectivity index is 2.26. The lowest BCUT2D eigenvalue weighted by molar-refractivity contribution is -0.145. The van der Waals surface area contributed by atoms with Gasteiger partial charge in [-0.2, -0.15) is 0 Å². The first kappa shape index (κ1) is 13.4. The van der Waals surface area contributed by atoms with Crippen LogP contribution in [0, 0.1) is 6.92 Å². The molecule has 0 aromatic heterocycles. The van der Waals surface area contributed by atoms with Gasteiger partial charge in [-0.3, -0.25) is 0 Å². The Morgan fingerprint density at radius 3 is 2.47 bits per heavy atom. The van der Waals surface area contributed by atoms with E-state index >= 15 is 0 Å². The maximum atomic E-state index is 11.3. The molecule has 0 radical (unpaired) electrons. The summed E-state index contributed by atoms with van der Waals surface area (Å²) in [7, 11) is 0. The molecule has 3 nitrogen and oxygen atoms in total. The van der Waals surface area contributed by atoms with Crippen molar-refractivity contribution in [3.63, 3.8) is 0 Å². The summed E-state index contributed by atoms with van der Waals surface area (Å²) in [5.74, 6) is -0.541. The van der Waals surface area contributed by atoms with Crippen molar-refractivity contribution in [2.24, 2.45) is 0 Å². The van der Waals surface area contributed by atoms with Gasteiger partial charge in [-0.05, 0) is 31.2 Å². The molecule has 0 aliphatic rings. The van der Waals surface area contributed by atoms with Gasteiger partial charge in [-0.15, -0.1) is 0 Å². The van der Waals surface area contributed by atoms with Crippen LogP contribution >= 0.6 is 11.6 Å². The highest BCUT2D eigenvalue weighted by molar-refractivity contribution is 6.30. The van der Waals surface area contributed by atoms with Crippen LogP contribution in [0.1, 0.15) is 17.2 Å². The van der Waals surface area contributed by atoms with Crippen molar-refractivity contribution in [1.82, 2.24) is 0 Å². The van der Waals surface area contributed by atoms with E-state index in [2.05, 4.69) is 0 Å². The molecule has 0 spiro atoms. The molecule has 1 atom stereocenters. The lowest BCUT2D eigenvalue weighted by atomic mass is 10.1. The van der Waals surface area contributed by atoms with Crippen LogP contribution in [0.3, 0.4) is 0 Å². The van der Waals surface area contributed by atoms with Gasteiger partial charge in [0.25, 0.3) is 0 Å². The van der Waals surface area contributed by atoms with Gasteiger partial charge in [0.1, 0.15) is 5.75 Å². The third kappa shape index (κ3) is 3.48. The van der Waals surface area contributed by atoms with E-state index in [1.54, 1.807) is 36.4 Å². The first-order chi connectivity index (χ1) is 9.06. The predicted octanol–water partition coefficient (Wildman–Crippen LogP) is 3.85. The Bertz CT molecular complexity index is 578. The maximum absolute atomic E-state index is 11.3. The predicted molar refractivity (Wildman–Crippen MR) is 73.6 cm³/mol. The minimum absolute atomic E-state index is 0.483. The van der Waals surface area contributed by atoms with Gasteiger partial charge in [0.05, 0.1) is 0 Å². The first-order valence-electron chi connectivity index (χ1n) is 5.78. The van der Waals surface area contributed by atoms with Crippen molar-refractivity contribution in [2.75, 3.05) is 0 Å². The van der Waals surface area contributed by atoms with Crippen LogP contribution in [0.4, 0.5) is 0 Å². The number of carboxylic acid groups (broad SMARTS) is 1. The van der Waals surface area contributed by atoms with Crippen molar-refractivity contribution in [3.8, 4) is 5.75 Å². The summed E-state index contributed by atoms with van der Waals surface area (Å²) in [4.78, 5) is 11.3. The average Bonchev–Trinajstić information content (AvgIpc) is 2.37. The standard InChI is InChI=1S/C15H13ClO3/c1-10-5-7-13(8-6-10)19-14(15(17)18)11-3-2-4-12(16)9-11/h2-9,14H,1H3,(H,17,18)/t14-/m0/s1. The van der Waals surface area contributed by atoms with E-state index < -0.39 is 12.1 Å². The van der Waals surface area contributed by atoms with Gasteiger partial charge in [0, 0.05) is 10.6 Å². The number of carboxylic acids is 1. The normalized spacial score (nSPS) is 11.9. The number of rotatable bonds is 4. The van der Waals surface area contributed by atoms with E-state index in [0.29, 0.717) is 16.3 Å². The Hall–Kier alpha value is -2.00. The third-order valence-electron chi connectivity index (χ3n) is 2.65. The van der Waals surface area contributed by atoms with Crippen LogP contribution in [-0.4, -0.2) is 11.1 Å². The van der Waals surface area contributed by atoms with E-state index in [9.17, 15) is 9.90 Å². The summed E-state index contributed by atoms with van der Waals surface area (Å²) in [6.07, 6.45) is -1.07. The monoisotopic (exact) mass is 276 g/mol. The SMILES string of the molecule is Cc1ccc(O[C@H](C(=O)O)c2cccc(Cl)c2)cc1. The molecule has 0 saturated heterocycles. The molecule has 2 aromatic carbocycles. The van der Waals surface area contributed by atoms with Gasteiger partial charge in [-0.1, -0.05) is 41.4 Å². The molecule has 4 heteroatoms. The van der Waals surface area contributed by atoms with E-state index in [-0.39, 0.29) is 0 Å². The molecule has 2 rings (SSSR count). The van der Waals surface area contributed by atoms with Gasteiger partial charge >= 0.3 is 5.97 Å². The van der Waals surface area contributed by atoms with E-state index in [0.717, 1.165) is 5.56 Å². The van der Waals surface area contributed by atoms with E-state index in [1.165, 1.54) is 0 Å². The van der Waals surface area contributed by atoms with E-state index in [1.807, 2.05) is 19.1 Å². The topological polar surface area (TPSA) is 46.5 Å². The van der Waals surface area contributed by atoms with Gasteiger partial charge in [0.2, 0.25) is 6.10 Å². The van der Waals surface area contributed by atoms with Crippen LogP contribution in [0.25, 0.3) is 0 Å². The number of hydrogen-bond donors (Lipinski definition) is 1.